The van der Waals surface area contributed by atoms with Crippen molar-refractivity contribution in [3.63, 3.8) is 0 Å². The summed E-state index contributed by atoms with van der Waals surface area (Å²) in [6.07, 6.45) is 2.16. The molecule has 1 atom stereocenters. The van der Waals surface area contributed by atoms with Gasteiger partial charge in [-0.2, -0.15) is 0 Å². The van der Waals surface area contributed by atoms with Crippen molar-refractivity contribution in [3.8, 4) is 0 Å². The first kappa shape index (κ1) is 10.6. The molecule has 1 unspecified atom stereocenters. The molecular weight excluding hydrogens is 182 g/mol. The van der Waals surface area contributed by atoms with E-state index in [9.17, 15) is 0 Å². The van der Waals surface area contributed by atoms with Crippen LogP contribution in [0.15, 0.2) is 0 Å². The molecule has 0 aliphatic carbocycles. The largest absolute Gasteiger partial charge is 0.314 e. The summed E-state index contributed by atoms with van der Waals surface area (Å²) >= 11 is 1.70. The number of aromatic nitrogens is 2. The smallest absolute Gasteiger partial charge is 0.118 e. The maximum absolute atomic E-state index is 4.11. The van der Waals surface area contributed by atoms with Crippen molar-refractivity contribution < 1.29 is 0 Å². The lowest BCUT2D eigenvalue weighted by atomic mass is 10.1. The Bertz CT molecular complexity index is 247. The normalized spacial score (nSPS) is 13.2. The van der Waals surface area contributed by atoms with Crippen LogP contribution in [0.3, 0.4) is 0 Å². The number of aryl methyl sites for hydroxylation is 1. The molecule has 0 saturated carbocycles. The molecule has 0 radical (unpaired) electrons. The van der Waals surface area contributed by atoms with Gasteiger partial charge >= 0.3 is 0 Å². The van der Waals surface area contributed by atoms with Crippen molar-refractivity contribution >= 4 is 11.3 Å². The van der Waals surface area contributed by atoms with Crippen molar-refractivity contribution in [2.24, 2.45) is 0 Å². The summed E-state index contributed by atoms with van der Waals surface area (Å²) in [5.74, 6) is 0. The molecule has 74 valence electrons. The van der Waals surface area contributed by atoms with E-state index in [1.54, 1.807) is 11.3 Å². The number of hydrogen-bond acceptors (Lipinski definition) is 4. The van der Waals surface area contributed by atoms with E-state index in [1.165, 1.54) is 0 Å². The SMILES string of the molecule is CCNC(CC)Cc1nnc(C)s1. The van der Waals surface area contributed by atoms with Gasteiger partial charge in [-0.25, -0.2) is 0 Å². The fourth-order valence-electron chi connectivity index (χ4n) is 1.28. The summed E-state index contributed by atoms with van der Waals surface area (Å²) < 4.78 is 0. The van der Waals surface area contributed by atoms with Crippen LogP contribution >= 0.6 is 11.3 Å². The van der Waals surface area contributed by atoms with Gasteiger partial charge in [0.15, 0.2) is 0 Å². The van der Waals surface area contributed by atoms with Crippen molar-refractivity contribution in [1.82, 2.24) is 15.5 Å². The molecule has 0 aliphatic rings. The van der Waals surface area contributed by atoms with E-state index in [4.69, 9.17) is 0 Å². The maximum atomic E-state index is 4.11. The van der Waals surface area contributed by atoms with Crippen molar-refractivity contribution in [2.75, 3.05) is 6.54 Å². The van der Waals surface area contributed by atoms with Crippen LogP contribution in [0.1, 0.15) is 30.3 Å². The molecule has 0 aromatic carbocycles. The lowest BCUT2D eigenvalue weighted by Gasteiger charge is -2.12. The molecule has 0 saturated heterocycles. The van der Waals surface area contributed by atoms with Crippen LogP contribution in [0, 0.1) is 6.92 Å². The lowest BCUT2D eigenvalue weighted by Crippen LogP contribution is -2.30. The summed E-state index contributed by atoms with van der Waals surface area (Å²) in [5.41, 5.74) is 0. The Morgan fingerprint density at radius 3 is 2.62 bits per heavy atom. The molecule has 1 aromatic rings. The van der Waals surface area contributed by atoms with Gasteiger partial charge in [0.2, 0.25) is 0 Å². The highest BCUT2D eigenvalue weighted by molar-refractivity contribution is 7.11. The number of likely N-dealkylation sites (N-methyl/N-ethyl adjacent to an activating group) is 1. The first-order valence-electron chi connectivity index (χ1n) is 4.78. The van der Waals surface area contributed by atoms with Crippen molar-refractivity contribution in [1.29, 1.82) is 0 Å². The number of nitrogens with zero attached hydrogens (tertiary/aromatic N) is 2. The molecule has 0 bridgehead atoms. The van der Waals surface area contributed by atoms with Gasteiger partial charge < -0.3 is 5.32 Å². The predicted molar refractivity (Wildman–Crippen MR) is 56.1 cm³/mol. The van der Waals surface area contributed by atoms with Crippen LogP contribution in [0.4, 0.5) is 0 Å². The van der Waals surface area contributed by atoms with E-state index in [0.717, 1.165) is 29.4 Å². The second kappa shape index (κ2) is 5.29. The quantitative estimate of drug-likeness (QED) is 0.785. The molecule has 0 amide bonds. The molecular formula is C9H17N3S. The summed E-state index contributed by atoms with van der Waals surface area (Å²) in [7, 11) is 0. The summed E-state index contributed by atoms with van der Waals surface area (Å²) in [6.45, 7) is 7.35. The Kier molecular flexibility index (Phi) is 4.32. The molecule has 1 N–H and O–H groups in total. The average molecular weight is 199 g/mol. The van der Waals surface area contributed by atoms with Gasteiger partial charge in [-0.3, -0.25) is 0 Å². The van der Waals surface area contributed by atoms with Crippen LogP contribution in [-0.4, -0.2) is 22.8 Å². The highest BCUT2D eigenvalue weighted by Gasteiger charge is 2.08. The summed E-state index contributed by atoms with van der Waals surface area (Å²) in [5, 5.41) is 13.7. The number of hydrogen-bond donors (Lipinski definition) is 1. The number of rotatable bonds is 5. The first-order valence-corrected chi connectivity index (χ1v) is 5.60. The van der Waals surface area contributed by atoms with Crippen LogP contribution in [-0.2, 0) is 6.42 Å². The Balaban J connectivity index is 2.46. The minimum Gasteiger partial charge on any atom is -0.314 e. The monoisotopic (exact) mass is 199 g/mol. The Hall–Kier alpha value is -0.480. The highest BCUT2D eigenvalue weighted by Crippen LogP contribution is 2.11. The lowest BCUT2D eigenvalue weighted by molar-refractivity contribution is 0.508. The second-order valence-corrected chi connectivity index (χ2v) is 4.35. The van der Waals surface area contributed by atoms with Crippen LogP contribution in [0.5, 0.6) is 0 Å². The van der Waals surface area contributed by atoms with Gasteiger partial charge in [0.25, 0.3) is 0 Å². The Morgan fingerprint density at radius 2 is 2.15 bits per heavy atom. The third kappa shape index (κ3) is 3.40. The molecule has 3 nitrogen and oxygen atoms in total. The fraction of sp³-hybridized carbons (Fsp3) is 0.778. The molecule has 0 spiro atoms. The zero-order valence-electron chi connectivity index (χ0n) is 8.50. The minimum absolute atomic E-state index is 0.553. The summed E-state index contributed by atoms with van der Waals surface area (Å²) in [6, 6.07) is 0.553. The van der Waals surface area contributed by atoms with Gasteiger partial charge in [-0.05, 0) is 19.9 Å². The third-order valence-corrected chi connectivity index (χ3v) is 2.84. The first-order chi connectivity index (χ1) is 6.26. The van der Waals surface area contributed by atoms with Crippen LogP contribution in [0.25, 0.3) is 0 Å². The van der Waals surface area contributed by atoms with E-state index >= 15 is 0 Å². The summed E-state index contributed by atoms with van der Waals surface area (Å²) in [4.78, 5) is 0. The van der Waals surface area contributed by atoms with E-state index < -0.39 is 0 Å². The molecule has 13 heavy (non-hydrogen) atoms. The van der Waals surface area contributed by atoms with E-state index in [-0.39, 0.29) is 0 Å². The second-order valence-electron chi connectivity index (χ2n) is 3.08. The Morgan fingerprint density at radius 1 is 1.38 bits per heavy atom. The van der Waals surface area contributed by atoms with E-state index in [2.05, 4.69) is 29.4 Å². The predicted octanol–water partition coefficient (Wildman–Crippen LogP) is 1.78. The van der Waals surface area contributed by atoms with E-state index in [1.807, 2.05) is 6.92 Å². The average Bonchev–Trinajstić information content (AvgIpc) is 2.50. The molecule has 4 heteroatoms. The van der Waals surface area contributed by atoms with E-state index in [0.29, 0.717) is 6.04 Å². The van der Waals surface area contributed by atoms with Crippen LogP contribution < -0.4 is 5.32 Å². The maximum Gasteiger partial charge on any atom is 0.118 e. The zero-order chi connectivity index (χ0) is 9.68. The fourth-order valence-corrected chi connectivity index (χ4v) is 2.07. The van der Waals surface area contributed by atoms with Gasteiger partial charge in [-0.15, -0.1) is 21.5 Å². The molecule has 1 aromatic heterocycles. The standard InChI is InChI=1S/C9H17N3S/c1-4-8(10-5-2)6-9-12-11-7(3)13-9/h8,10H,4-6H2,1-3H3. The van der Waals surface area contributed by atoms with Crippen molar-refractivity contribution in [2.45, 2.75) is 39.7 Å². The molecule has 1 heterocycles. The molecule has 0 aliphatic heterocycles. The third-order valence-electron chi connectivity index (χ3n) is 1.97. The van der Waals surface area contributed by atoms with Gasteiger partial charge in [-0.1, -0.05) is 13.8 Å². The van der Waals surface area contributed by atoms with Gasteiger partial charge in [0.05, 0.1) is 0 Å². The topological polar surface area (TPSA) is 37.8 Å². The van der Waals surface area contributed by atoms with Gasteiger partial charge in [0.1, 0.15) is 10.0 Å². The van der Waals surface area contributed by atoms with Crippen molar-refractivity contribution in [3.05, 3.63) is 10.0 Å². The minimum atomic E-state index is 0.553. The van der Waals surface area contributed by atoms with Gasteiger partial charge in [0, 0.05) is 12.5 Å². The van der Waals surface area contributed by atoms with Crippen LogP contribution in [0.2, 0.25) is 0 Å². The zero-order valence-corrected chi connectivity index (χ0v) is 9.32. The number of nitrogens with one attached hydrogen (secondary N) is 1. The Labute approximate surface area is 83.6 Å². The molecule has 1 rings (SSSR count). The molecule has 0 fully saturated rings. The highest BCUT2D eigenvalue weighted by atomic mass is 32.1.